The fourth-order valence-electron chi connectivity index (χ4n) is 1.67. The zero-order valence-corrected chi connectivity index (χ0v) is 15.0. The second-order valence-electron chi connectivity index (χ2n) is 4.20. The van der Waals surface area contributed by atoms with Crippen LogP contribution in [-0.4, -0.2) is 13.1 Å². The smallest absolute Gasteiger partial charge is 0.310 e. The van der Waals surface area contributed by atoms with Gasteiger partial charge in [-0.05, 0) is 40.2 Å². The molecule has 0 fully saturated rings. The Hall–Kier alpha value is -0.750. The third kappa shape index (κ3) is 4.36. The monoisotopic (exact) mass is 407 g/mol. The predicted octanol–water partition coefficient (Wildman–Crippen LogP) is 5.15. The number of carbonyl (C=O) groups excluding carboxylic acids is 1. The van der Waals surface area contributed by atoms with Gasteiger partial charge < -0.3 is 10.1 Å². The molecule has 7 heteroatoms. The van der Waals surface area contributed by atoms with Gasteiger partial charge in [-0.1, -0.05) is 23.2 Å². The Morgan fingerprint density at radius 1 is 1.24 bits per heavy atom. The molecule has 0 aliphatic carbocycles. The van der Waals surface area contributed by atoms with Gasteiger partial charge in [-0.25, -0.2) is 0 Å². The first kappa shape index (κ1) is 16.6. The van der Waals surface area contributed by atoms with Crippen molar-refractivity contribution in [1.82, 2.24) is 0 Å². The zero-order chi connectivity index (χ0) is 15.4. The quantitative estimate of drug-likeness (QED) is 0.549. The van der Waals surface area contributed by atoms with Gasteiger partial charge in [0.1, 0.15) is 0 Å². The summed E-state index contributed by atoms with van der Waals surface area (Å²) in [4.78, 5) is 13.3. The van der Waals surface area contributed by atoms with Gasteiger partial charge in [-0.15, -0.1) is 11.3 Å². The Morgan fingerprint density at radius 3 is 2.67 bits per heavy atom. The number of halogens is 3. The summed E-state index contributed by atoms with van der Waals surface area (Å²) in [5, 5.41) is 4.20. The van der Waals surface area contributed by atoms with Crippen LogP contribution in [0.3, 0.4) is 0 Å². The van der Waals surface area contributed by atoms with Crippen LogP contribution in [0.5, 0.6) is 0 Å². The SMILES string of the molecule is COC(=O)Cc1ccc(CNc2ccc(Br)c(Cl)c2Cl)s1. The maximum absolute atomic E-state index is 11.2. The molecule has 2 rings (SSSR count). The van der Waals surface area contributed by atoms with Crippen molar-refractivity contribution in [3.05, 3.63) is 48.5 Å². The van der Waals surface area contributed by atoms with Crippen LogP contribution in [0.1, 0.15) is 9.75 Å². The van der Waals surface area contributed by atoms with Crippen molar-refractivity contribution in [2.45, 2.75) is 13.0 Å². The second kappa shape index (κ2) is 7.49. The third-order valence-corrected chi connectivity index (χ3v) is 5.61. The second-order valence-corrected chi connectivity index (χ2v) is 7.06. The fraction of sp³-hybridized carbons (Fsp3) is 0.214. The lowest BCUT2D eigenvalue weighted by atomic mass is 10.3. The molecule has 0 aliphatic heterocycles. The van der Waals surface area contributed by atoms with Gasteiger partial charge in [0, 0.05) is 20.8 Å². The number of hydrogen-bond donors (Lipinski definition) is 1. The summed E-state index contributed by atoms with van der Waals surface area (Å²) in [7, 11) is 1.39. The van der Waals surface area contributed by atoms with Crippen molar-refractivity contribution in [3.63, 3.8) is 0 Å². The molecule has 21 heavy (non-hydrogen) atoms. The topological polar surface area (TPSA) is 38.3 Å². The molecule has 0 radical (unpaired) electrons. The molecule has 0 saturated heterocycles. The van der Waals surface area contributed by atoms with Crippen LogP contribution in [0.15, 0.2) is 28.7 Å². The minimum absolute atomic E-state index is 0.237. The highest BCUT2D eigenvalue weighted by Crippen LogP contribution is 2.36. The van der Waals surface area contributed by atoms with Crippen molar-refractivity contribution in [2.24, 2.45) is 0 Å². The summed E-state index contributed by atoms with van der Waals surface area (Å²) >= 11 is 17.1. The number of ether oxygens (including phenoxy) is 1. The van der Waals surface area contributed by atoms with E-state index in [0.29, 0.717) is 23.0 Å². The molecule has 1 aromatic carbocycles. The normalized spacial score (nSPS) is 10.5. The van der Waals surface area contributed by atoms with Gasteiger partial charge >= 0.3 is 5.97 Å². The summed E-state index contributed by atoms with van der Waals surface area (Å²) in [5.74, 6) is -0.237. The number of nitrogens with one attached hydrogen (secondary N) is 1. The molecule has 0 atom stereocenters. The van der Waals surface area contributed by atoms with Crippen LogP contribution < -0.4 is 5.32 Å². The van der Waals surface area contributed by atoms with Crippen LogP contribution in [-0.2, 0) is 22.5 Å². The van der Waals surface area contributed by atoms with Gasteiger partial charge in [0.25, 0.3) is 0 Å². The molecule has 0 spiro atoms. The molecule has 0 unspecified atom stereocenters. The van der Waals surface area contributed by atoms with Crippen LogP contribution in [0.4, 0.5) is 5.69 Å². The summed E-state index contributed by atoms with van der Waals surface area (Å²) < 4.78 is 5.41. The van der Waals surface area contributed by atoms with Gasteiger partial charge in [-0.3, -0.25) is 4.79 Å². The van der Waals surface area contributed by atoms with Crippen molar-refractivity contribution in [1.29, 1.82) is 0 Å². The van der Waals surface area contributed by atoms with E-state index in [1.54, 1.807) is 11.3 Å². The van der Waals surface area contributed by atoms with Gasteiger partial charge in [0.05, 0.1) is 29.3 Å². The molecule has 0 aliphatic rings. The lowest BCUT2D eigenvalue weighted by Gasteiger charge is -2.09. The Labute approximate surface area is 145 Å². The Morgan fingerprint density at radius 2 is 1.95 bits per heavy atom. The number of esters is 1. The molecule has 0 bridgehead atoms. The predicted molar refractivity (Wildman–Crippen MR) is 91.5 cm³/mol. The highest BCUT2D eigenvalue weighted by atomic mass is 79.9. The van der Waals surface area contributed by atoms with Crippen molar-refractivity contribution in [2.75, 3.05) is 12.4 Å². The highest BCUT2D eigenvalue weighted by Gasteiger charge is 2.09. The van der Waals surface area contributed by atoms with E-state index in [-0.39, 0.29) is 5.97 Å². The standard InChI is InChI=1S/C14H12BrCl2NO2S/c1-20-12(19)6-8-2-3-9(21-8)7-18-11-5-4-10(15)13(16)14(11)17/h2-5,18H,6-7H2,1H3. The maximum atomic E-state index is 11.2. The van der Waals surface area contributed by atoms with Gasteiger partial charge in [0.2, 0.25) is 0 Å². The molecule has 1 N–H and O–H groups in total. The largest absolute Gasteiger partial charge is 0.469 e. The molecule has 0 saturated carbocycles. The van der Waals surface area contributed by atoms with Crippen LogP contribution in [0.25, 0.3) is 0 Å². The molecule has 3 nitrogen and oxygen atoms in total. The molecular weight excluding hydrogens is 397 g/mol. The van der Waals surface area contributed by atoms with E-state index in [4.69, 9.17) is 23.2 Å². The van der Waals surface area contributed by atoms with Gasteiger partial charge in [0.15, 0.2) is 0 Å². The van der Waals surface area contributed by atoms with Crippen molar-refractivity contribution >= 4 is 62.1 Å². The van der Waals surface area contributed by atoms with Crippen molar-refractivity contribution in [3.8, 4) is 0 Å². The van der Waals surface area contributed by atoms with E-state index in [1.165, 1.54) is 7.11 Å². The summed E-state index contributed by atoms with van der Waals surface area (Å²) in [6.45, 7) is 0.615. The Bertz CT molecular complexity index is 660. The number of hydrogen-bond acceptors (Lipinski definition) is 4. The summed E-state index contributed by atoms with van der Waals surface area (Å²) in [6.07, 6.45) is 0.298. The number of methoxy groups -OCH3 is 1. The summed E-state index contributed by atoms with van der Waals surface area (Å²) in [6, 6.07) is 7.61. The van der Waals surface area contributed by atoms with Crippen LogP contribution in [0, 0.1) is 0 Å². The average molecular weight is 409 g/mol. The third-order valence-electron chi connectivity index (χ3n) is 2.75. The molecule has 1 aromatic heterocycles. The van der Waals surface area contributed by atoms with E-state index in [0.717, 1.165) is 19.9 Å². The van der Waals surface area contributed by atoms with E-state index in [1.807, 2.05) is 24.3 Å². The Kier molecular flexibility index (Phi) is 5.93. The number of rotatable bonds is 5. The average Bonchev–Trinajstić information content (AvgIpc) is 2.91. The van der Waals surface area contributed by atoms with E-state index < -0.39 is 0 Å². The lowest BCUT2D eigenvalue weighted by molar-refractivity contribution is -0.139. The Balaban J connectivity index is 2.00. The molecule has 0 amide bonds. The number of thiophene rings is 1. The van der Waals surface area contributed by atoms with E-state index >= 15 is 0 Å². The first-order valence-electron chi connectivity index (χ1n) is 6.03. The number of carbonyl (C=O) groups is 1. The number of benzene rings is 1. The fourth-order valence-corrected chi connectivity index (χ4v) is 3.46. The van der Waals surface area contributed by atoms with Crippen LogP contribution >= 0.6 is 50.5 Å². The molecule has 2 aromatic rings. The zero-order valence-electron chi connectivity index (χ0n) is 11.1. The summed E-state index contributed by atoms with van der Waals surface area (Å²) in [5.41, 5.74) is 0.771. The highest BCUT2D eigenvalue weighted by molar-refractivity contribution is 9.10. The van der Waals surface area contributed by atoms with Gasteiger partial charge in [-0.2, -0.15) is 0 Å². The molecule has 1 heterocycles. The molecule has 112 valence electrons. The number of anilines is 1. The van der Waals surface area contributed by atoms with E-state index in [2.05, 4.69) is 26.0 Å². The molecular formula is C14H12BrCl2NO2S. The van der Waals surface area contributed by atoms with Crippen LogP contribution in [0.2, 0.25) is 10.0 Å². The maximum Gasteiger partial charge on any atom is 0.310 e. The lowest BCUT2D eigenvalue weighted by Crippen LogP contribution is -2.02. The minimum atomic E-state index is -0.237. The van der Waals surface area contributed by atoms with E-state index in [9.17, 15) is 4.79 Å². The first-order chi connectivity index (χ1) is 10.0. The van der Waals surface area contributed by atoms with Crippen molar-refractivity contribution < 1.29 is 9.53 Å². The first-order valence-corrected chi connectivity index (χ1v) is 8.39. The minimum Gasteiger partial charge on any atom is -0.469 e.